The number of carbonyl (C=O) groups is 1. The molecule has 3 aromatic carbocycles. The Balaban J connectivity index is 1.82. The molecule has 1 amide bonds. The molecule has 36 heavy (non-hydrogen) atoms. The smallest absolute Gasteiger partial charge is 0.289 e. The van der Waals surface area contributed by atoms with Crippen molar-refractivity contribution >= 4 is 58.2 Å². The van der Waals surface area contributed by atoms with E-state index in [0.29, 0.717) is 39.3 Å². The number of carbonyl (C=O) groups excluding carboxylic acids is 1. The second-order valence-electron chi connectivity index (χ2n) is 7.18. The van der Waals surface area contributed by atoms with Gasteiger partial charge < -0.3 is 14.8 Å². The number of nitro groups is 1. The summed E-state index contributed by atoms with van der Waals surface area (Å²) in [5.74, 6) is 0.0580. The molecule has 3 rings (SSSR count). The van der Waals surface area contributed by atoms with Crippen molar-refractivity contribution in [2.45, 2.75) is 13.5 Å². The number of nitrogens with one attached hydrogen (secondary N) is 1. The average molecular weight is 547 g/mol. The van der Waals surface area contributed by atoms with E-state index >= 15 is 0 Å². The third kappa shape index (κ3) is 6.67. The second kappa shape index (κ2) is 12.3. The minimum Gasteiger partial charge on any atom is -0.490 e. The Morgan fingerprint density at radius 2 is 1.78 bits per heavy atom. The fraction of sp³-hybridized carbons (Fsp3) is 0.120. The van der Waals surface area contributed by atoms with Crippen LogP contribution in [0.4, 0.5) is 11.4 Å². The van der Waals surface area contributed by atoms with Gasteiger partial charge in [-0.3, -0.25) is 14.9 Å². The van der Waals surface area contributed by atoms with Gasteiger partial charge in [-0.15, -0.1) is 0 Å². The van der Waals surface area contributed by atoms with Crippen LogP contribution in [0.3, 0.4) is 0 Å². The van der Waals surface area contributed by atoms with Gasteiger partial charge in [-0.05, 0) is 55.0 Å². The first kappa shape index (κ1) is 26.8. The number of rotatable bonds is 9. The van der Waals surface area contributed by atoms with Crippen molar-refractivity contribution in [3.63, 3.8) is 0 Å². The first-order chi connectivity index (χ1) is 17.2. The summed E-state index contributed by atoms with van der Waals surface area (Å²) in [6.45, 7) is 2.25. The van der Waals surface area contributed by atoms with Gasteiger partial charge in [0.2, 0.25) is 0 Å². The molecule has 0 spiro atoms. The Morgan fingerprint density at radius 1 is 1.06 bits per heavy atom. The van der Waals surface area contributed by atoms with Gasteiger partial charge in [0, 0.05) is 27.4 Å². The number of hydrogen-bond donors (Lipinski definition) is 1. The van der Waals surface area contributed by atoms with Crippen molar-refractivity contribution in [3.05, 3.63) is 96.5 Å². The molecule has 0 atom stereocenters. The van der Waals surface area contributed by atoms with Crippen LogP contribution in [0, 0.1) is 21.4 Å². The van der Waals surface area contributed by atoms with Crippen LogP contribution in [-0.4, -0.2) is 17.4 Å². The predicted molar refractivity (Wildman–Crippen MR) is 139 cm³/mol. The number of amides is 1. The summed E-state index contributed by atoms with van der Waals surface area (Å²) in [4.78, 5) is 23.0. The number of benzene rings is 3. The molecule has 1 N–H and O–H groups in total. The maximum Gasteiger partial charge on any atom is 0.289 e. The fourth-order valence-electron chi connectivity index (χ4n) is 3.07. The van der Waals surface area contributed by atoms with Crippen molar-refractivity contribution < 1.29 is 19.2 Å². The van der Waals surface area contributed by atoms with Crippen LogP contribution >= 0.6 is 34.8 Å². The molecule has 0 aliphatic rings. The average Bonchev–Trinajstić information content (AvgIpc) is 2.84. The van der Waals surface area contributed by atoms with E-state index in [1.165, 1.54) is 18.2 Å². The van der Waals surface area contributed by atoms with Crippen molar-refractivity contribution in [2.75, 3.05) is 11.9 Å². The highest BCUT2D eigenvalue weighted by Gasteiger charge is 2.16. The zero-order valence-corrected chi connectivity index (χ0v) is 21.0. The molecule has 0 heterocycles. The predicted octanol–water partition coefficient (Wildman–Crippen LogP) is 7.08. The number of halogens is 3. The van der Waals surface area contributed by atoms with E-state index in [2.05, 4.69) is 5.32 Å². The van der Waals surface area contributed by atoms with E-state index in [9.17, 15) is 20.2 Å². The maximum absolute atomic E-state index is 12.6. The highest BCUT2D eigenvalue weighted by atomic mass is 35.5. The SMILES string of the molecule is CCOc1cc(/C=C(\C#N)C(=O)Nc2ccc(Cl)c([N+](=O)[O-])c2)ccc1OCc1c(Cl)cccc1Cl. The lowest BCUT2D eigenvalue weighted by atomic mass is 10.1. The zero-order chi connectivity index (χ0) is 26.2. The van der Waals surface area contributed by atoms with E-state index in [0.717, 1.165) is 6.07 Å². The number of nitriles is 1. The van der Waals surface area contributed by atoms with Crippen molar-refractivity contribution in [1.82, 2.24) is 0 Å². The van der Waals surface area contributed by atoms with Crippen LogP contribution in [0.15, 0.2) is 60.2 Å². The quantitative estimate of drug-likeness (QED) is 0.133. The van der Waals surface area contributed by atoms with E-state index < -0.39 is 10.8 Å². The molecule has 0 aliphatic heterocycles. The summed E-state index contributed by atoms with van der Waals surface area (Å²) >= 11 is 18.2. The van der Waals surface area contributed by atoms with Gasteiger partial charge in [0.15, 0.2) is 11.5 Å². The summed E-state index contributed by atoms with van der Waals surface area (Å²) in [6.07, 6.45) is 1.36. The Morgan fingerprint density at radius 3 is 2.42 bits per heavy atom. The molecule has 0 fully saturated rings. The largest absolute Gasteiger partial charge is 0.490 e. The van der Waals surface area contributed by atoms with Crippen LogP contribution in [-0.2, 0) is 11.4 Å². The van der Waals surface area contributed by atoms with Gasteiger partial charge in [0.05, 0.1) is 11.5 Å². The minimum atomic E-state index is -0.749. The summed E-state index contributed by atoms with van der Waals surface area (Å²) in [7, 11) is 0. The normalized spacial score (nSPS) is 10.9. The summed E-state index contributed by atoms with van der Waals surface area (Å²) in [6, 6.07) is 15.7. The lowest BCUT2D eigenvalue weighted by Gasteiger charge is -2.14. The van der Waals surface area contributed by atoms with E-state index in [-0.39, 0.29) is 28.6 Å². The monoisotopic (exact) mass is 545 g/mol. The molecule has 3 aromatic rings. The molecule has 184 valence electrons. The van der Waals surface area contributed by atoms with Crippen LogP contribution in [0.25, 0.3) is 6.08 Å². The van der Waals surface area contributed by atoms with Gasteiger partial charge in [0.1, 0.15) is 23.3 Å². The minimum absolute atomic E-state index is 0.0726. The molecule has 8 nitrogen and oxygen atoms in total. The number of nitrogens with zero attached hydrogens (tertiary/aromatic N) is 2. The summed E-state index contributed by atoms with van der Waals surface area (Å²) in [5, 5.41) is 23.9. The molecule has 0 saturated carbocycles. The second-order valence-corrected chi connectivity index (χ2v) is 8.40. The van der Waals surface area contributed by atoms with E-state index in [1.54, 1.807) is 43.3 Å². The summed E-state index contributed by atoms with van der Waals surface area (Å²) in [5.41, 5.74) is 0.640. The molecule has 0 bridgehead atoms. The van der Waals surface area contributed by atoms with Gasteiger partial charge in [0.25, 0.3) is 11.6 Å². The lowest BCUT2D eigenvalue weighted by molar-refractivity contribution is -0.384. The number of anilines is 1. The van der Waals surface area contributed by atoms with Gasteiger partial charge >= 0.3 is 0 Å². The zero-order valence-electron chi connectivity index (χ0n) is 18.8. The molecule has 0 aliphatic carbocycles. The first-order valence-electron chi connectivity index (χ1n) is 10.4. The van der Waals surface area contributed by atoms with Crippen LogP contribution < -0.4 is 14.8 Å². The van der Waals surface area contributed by atoms with Crippen LogP contribution in [0.5, 0.6) is 11.5 Å². The van der Waals surface area contributed by atoms with Crippen molar-refractivity contribution in [2.24, 2.45) is 0 Å². The van der Waals surface area contributed by atoms with E-state index in [4.69, 9.17) is 44.3 Å². The fourth-order valence-corrected chi connectivity index (χ4v) is 3.76. The Hall–Kier alpha value is -3.77. The molecular formula is C25H18Cl3N3O5. The van der Waals surface area contributed by atoms with Crippen molar-refractivity contribution in [3.8, 4) is 17.6 Å². The molecular weight excluding hydrogens is 529 g/mol. The van der Waals surface area contributed by atoms with Gasteiger partial charge in [-0.2, -0.15) is 5.26 Å². The molecule has 0 radical (unpaired) electrons. The number of ether oxygens (including phenoxy) is 2. The highest BCUT2D eigenvalue weighted by molar-refractivity contribution is 6.36. The standard InChI is InChI=1S/C25H18Cl3N3O5/c1-2-35-24-11-15(6-9-23(24)36-14-18-19(26)4-3-5-20(18)27)10-16(13-29)25(32)30-17-7-8-21(28)22(12-17)31(33)34/h3-12H,2,14H2,1H3,(H,30,32)/b16-10+. The summed E-state index contributed by atoms with van der Waals surface area (Å²) < 4.78 is 11.5. The van der Waals surface area contributed by atoms with Crippen molar-refractivity contribution in [1.29, 1.82) is 5.26 Å². The third-order valence-electron chi connectivity index (χ3n) is 4.78. The Bertz CT molecular complexity index is 1370. The molecule has 0 saturated heterocycles. The van der Waals surface area contributed by atoms with Crippen LogP contribution in [0.1, 0.15) is 18.1 Å². The van der Waals surface area contributed by atoms with Gasteiger partial charge in [-0.25, -0.2) is 0 Å². The number of nitro benzene ring substituents is 1. The Labute approximate surface area is 221 Å². The first-order valence-corrected chi connectivity index (χ1v) is 11.6. The van der Waals surface area contributed by atoms with Crippen LogP contribution in [0.2, 0.25) is 15.1 Å². The molecule has 11 heteroatoms. The van der Waals surface area contributed by atoms with Gasteiger partial charge in [-0.1, -0.05) is 46.9 Å². The Kier molecular flexibility index (Phi) is 9.14. The molecule has 0 unspecified atom stereocenters. The maximum atomic E-state index is 12.6. The number of hydrogen-bond acceptors (Lipinski definition) is 6. The molecule has 0 aromatic heterocycles. The van der Waals surface area contributed by atoms with E-state index in [1.807, 2.05) is 6.07 Å². The topological polar surface area (TPSA) is 114 Å². The third-order valence-corrected chi connectivity index (χ3v) is 5.81. The highest BCUT2D eigenvalue weighted by Crippen LogP contribution is 2.32. The lowest BCUT2D eigenvalue weighted by Crippen LogP contribution is -2.13.